The summed E-state index contributed by atoms with van der Waals surface area (Å²) in [6.45, 7) is 1.74. The highest BCUT2D eigenvalue weighted by Gasteiger charge is 2.28. The molecule has 0 aliphatic heterocycles. The molecule has 1 atom stereocenters. The molecule has 10 heteroatoms. The number of benzene rings is 3. The molecule has 8 nitrogen and oxygen atoms in total. The summed E-state index contributed by atoms with van der Waals surface area (Å²) in [7, 11) is 3.10. The van der Waals surface area contributed by atoms with Crippen LogP contribution in [-0.4, -0.2) is 34.6 Å². The van der Waals surface area contributed by atoms with Gasteiger partial charge in [0.2, 0.25) is 0 Å². The molecule has 41 heavy (non-hydrogen) atoms. The van der Waals surface area contributed by atoms with E-state index in [4.69, 9.17) is 21.1 Å². The third kappa shape index (κ3) is 5.73. The second-order valence-corrected chi connectivity index (χ2v) is 10.5. The Balaban J connectivity index is 1.44. The third-order valence-electron chi connectivity index (χ3n) is 6.64. The van der Waals surface area contributed by atoms with Crippen molar-refractivity contribution >= 4 is 50.7 Å². The molecule has 0 aliphatic carbocycles. The first-order valence-corrected chi connectivity index (χ1v) is 14.1. The summed E-state index contributed by atoms with van der Waals surface area (Å²) in [4.78, 5) is 44.6. The van der Waals surface area contributed by atoms with E-state index in [0.29, 0.717) is 43.5 Å². The Labute approximate surface area is 245 Å². The first kappa shape index (κ1) is 28.1. The van der Waals surface area contributed by atoms with Gasteiger partial charge in [0.25, 0.3) is 11.5 Å². The fraction of sp³-hybridized carbons (Fsp3) is 0.161. The maximum Gasteiger partial charge on any atom is 0.356 e. The monoisotopic (exact) mass is 587 g/mol. The highest BCUT2D eigenvalue weighted by atomic mass is 35.5. The smallest absolute Gasteiger partial charge is 0.356 e. The molecule has 0 spiro atoms. The number of hydrogen-bond donors (Lipinski definition) is 1. The molecule has 5 rings (SSSR count). The molecule has 2 heterocycles. The van der Waals surface area contributed by atoms with Crippen molar-refractivity contribution in [3.8, 4) is 28.1 Å². The summed E-state index contributed by atoms with van der Waals surface area (Å²) in [5.74, 6) is -0.621. The zero-order valence-electron chi connectivity index (χ0n) is 22.5. The summed E-state index contributed by atoms with van der Waals surface area (Å²) >= 11 is 7.37. The molecule has 5 aromatic rings. The zero-order valence-corrected chi connectivity index (χ0v) is 24.1. The molecule has 1 unspecified atom stereocenters. The predicted octanol–water partition coefficient (Wildman–Crippen LogP) is 6.57. The number of nitrogens with zero attached hydrogens (tertiary/aromatic N) is 2. The number of anilines is 1. The highest BCUT2D eigenvalue weighted by molar-refractivity contribution is 7.14. The lowest BCUT2D eigenvalue weighted by Gasteiger charge is -2.20. The van der Waals surface area contributed by atoms with Crippen molar-refractivity contribution in [2.24, 2.45) is 7.05 Å². The van der Waals surface area contributed by atoms with E-state index in [9.17, 15) is 14.4 Å². The predicted molar refractivity (Wildman–Crippen MR) is 162 cm³/mol. The van der Waals surface area contributed by atoms with Crippen LogP contribution in [0.4, 0.5) is 5.13 Å². The molecular formula is C31H26ClN3O5S. The van der Waals surface area contributed by atoms with E-state index in [1.165, 1.54) is 23.0 Å². The molecule has 0 saturated carbocycles. The van der Waals surface area contributed by atoms with Crippen molar-refractivity contribution < 1.29 is 19.1 Å². The number of fused-ring (bicyclic) bond motifs is 1. The first-order valence-electron chi connectivity index (χ1n) is 12.8. The molecular weight excluding hydrogens is 562 g/mol. The van der Waals surface area contributed by atoms with Gasteiger partial charge in [-0.1, -0.05) is 61.0 Å². The molecule has 0 saturated heterocycles. The van der Waals surface area contributed by atoms with Crippen molar-refractivity contribution in [1.82, 2.24) is 9.55 Å². The Bertz CT molecular complexity index is 1810. The fourth-order valence-electron chi connectivity index (χ4n) is 4.55. The van der Waals surface area contributed by atoms with Gasteiger partial charge in [0, 0.05) is 34.0 Å². The number of halogens is 1. The second kappa shape index (κ2) is 12.0. The van der Waals surface area contributed by atoms with Crippen LogP contribution in [0, 0.1) is 0 Å². The van der Waals surface area contributed by atoms with Gasteiger partial charge in [0.05, 0.1) is 12.8 Å². The minimum absolute atomic E-state index is 0.0387. The first-order chi connectivity index (χ1) is 19.8. The van der Waals surface area contributed by atoms with Gasteiger partial charge in [0.1, 0.15) is 11.4 Å². The van der Waals surface area contributed by atoms with Crippen LogP contribution in [0.2, 0.25) is 5.02 Å². The van der Waals surface area contributed by atoms with Gasteiger partial charge in [-0.15, -0.1) is 11.3 Å². The standard InChI is InChI=1S/C31H26ClN3O5S/c1-4-25(28(36)34-31-33-24(17-41-31)19-8-7-9-21(16-19)39-3)40-30(38)27-26(18-12-14-20(32)15-13-18)22-10-5-6-11-23(22)29(37)35(27)2/h5-17,25H,4H2,1-3H3,(H,33,34,36). The Morgan fingerprint density at radius 1 is 1.02 bits per heavy atom. The summed E-state index contributed by atoms with van der Waals surface area (Å²) in [6, 6.07) is 21.5. The minimum Gasteiger partial charge on any atom is -0.497 e. The molecule has 1 amide bonds. The van der Waals surface area contributed by atoms with E-state index >= 15 is 0 Å². The number of hydrogen-bond acceptors (Lipinski definition) is 7. The molecule has 0 aliphatic rings. The van der Waals surface area contributed by atoms with E-state index in [-0.39, 0.29) is 17.7 Å². The van der Waals surface area contributed by atoms with Gasteiger partial charge in [0.15, 0.2) is 11.2 Å². The Hall–Kier alpha value is -4.47. The van der Waals surface area contributed by atoms with Crippen molar-refractivity contribution in [3.63, 3.8) is 0 Å². The molecule has 0 fully saturated rings. The number of carbonyl (C=O) groups is 2. The largest absolute Gasteiger partial charge is 0.497 e. The number of ether oxygens (including phenoxy) is 2. The molecule has 3 aromatic carbocycles. The Morgan fingerprint density at radius 3 is 2.46 bits per heavy atom. The van der Waals surface area contributed by atoms with Gasteiger partial charge >= 0.3 is 5.97 Å². The number of carbonyl (C=O) groups excluding carboxylic acids is 2. The highest BCUT2D eigenvalue weighted by Crippen LogP contribution is 2.32. The maximum atomic E-state index is 13.7. The number of nitrogens with one attached hydrogen (secondary N) is 1. The van der Waals surface area contributed by atoms with E-state index in [0.717, 1.165) is 5.56 Å². The molecule has 0 radical (unpaired) electrons. The average Bonchev–Trinajstić information content (AvgIpc) is 3.46. The topological polar surface area (TPSA) is 99.5 Å². The van der Waals surface area contributed by atoms with Crippen LogP contribution in [-0.2, 0) is 16.6 Å². The number of pyridine rings is 1. The van der Waals surface area contributed by atoms with Crippen molar-refractivity contribution in [2.45, 2.75) is 19.4 Å². The number of amides is 1. The second-order valence-electron chi connectivity index (χ2n) is 9.20. The Kier molecular flexibility index (Phi) is 8.19. The lowest BCUT2D eigenvalue weighted by atomic mass is 9.96. The van der Waals surface area contributed by atoms with Crippen LogP contribution in [0.15, 0.2) is 83.0 Å². The summed E-state index contributed by atoms with van der Waals surface area (Å²) in [5.41, 5.74) is 2.40. The van der Waals surface area contributed by atoms with Gasteiger partial charge < -0.3 is 14.0 Å². The van der Waals surface area contributed by atoms with Crippen LogP contribution >= 0.6 is 22.9 Å². The van der Waals surface area contributed by atoms with Crippen molar-refractivity contribution in [1.29, 1.82) is 0 Å². The quantitative estimate of drug-likeness (QED) is 0.206. The Morgan fingerprint density at radius 2 is 1.76 bits per heavy atom. The van der Waals surface area contributed by atoms with E-state index in [2.05, 4.69) is 10.3 Å². The van der Waals surface area contributed by atoms with Crippen molar-refractivity contribution in [3.05, 3.63) is 99.2 Å². The van der Waals surface area contributed by atoms with E-state index in [1.807, 2.05) is 29.6 Å². The molecule has 0 bridgehead atoms. The summed E-state index contributed by atoms with van der Waals surface area (Å²) in [5, 5.41) is 6.52. The van der Waals surface area contributed by atoms with Crippen LogP contribution in [0.5, 0.6) is 5.75 Å². The van der Waals surface area contributed by atoms with Gasteiger partial charge in [-0.25, -0.2) is 9.78 Å². The van der Waals surface area contributed by atoms with Crippen LogP contribution in [0.25, 0.3) is 33.2 Å². The van der Waals surface area contributed by atoms with Crippen LogP contribution in [0.1, 0.15) is 23.8 Å². The van der Waals surface area contributed by atoms with Crippen LogP contribution in [0.3, 0.4) is 0 Å². The lowest BCUT2D eigenvalue weighted by Crippen LogP contribution is -2.34. The van der Waals surface area contributed by atoms with E-state index < -0.39 is 18.0 Å². The molecule has 2 aromatic heterocycles. The normalized spacial score (nSPS) is 11.7. The summed E-state index contributed by atoms with van der Waals surface area (Å²) < 4.78 is 12.3. The SMILES string of the molecule is CCC(OC(=O)c1c(-c2ccc(Cl)cc2)c2ccccc2c(=O)n1C)C(=O)Nc1nc(-c2cccc(OC)c2)cs1. The number of esters is 1. The third-order valence-corrected chi connectivity index (χ3v) is 7.65. The number of aromatic nitrogens is 2. The van der Waals surface area contributed by atoms with Crippen LogP contribution < -0.4 is 15.6 Å². The number of thiazole rings is 1. The average molecular weight is 588 g/mol. The number of rotatable bonds is 8. The minimum atomic E-state index is -1.12. The van der Waals surface area contributed by atoms with Gasteiger partial charge in [-0.3, -0.25) is 14.9 Å². The van der Waals surface area contributed by atoms with E-state index in [1.54, 1.807) is 62.6 Å². The maximum absolute atomic E-state index is 13.7. The zero-order chi connectivity index (χ0) is 29.1. The summed E-state index contributed by atoms with van der Waals surface area (Å²) in [6.07, 6.45) is -0.907. The van der Waals surface area contributed by atoms with Gasteiger partial charge in [-0.05, 0) is 47.7 Å². The van der Waals surface area contributed by atoms with Crippen molar-refractivity contribution in [2.75, 3.05) is 12.4 Å². The number of methoxy groups -OCH3 is 1. The lowest BCUT2D eigenvalue weighted by molar-refractivity contribution is -0.124. The molecule has 1 N–H and O–H groups in total. The van der Waals surface area contributed by atoms with Gasteiger partial charge in [-0.2, -0.15) is 0 Å². The fourth-order valence-corrected chi connectivity index (χ4v) is 5.40. The molecule has 208 valence electrons.